The molecule has 0 aliphatic carbocycles. The van der Waals surface area contributed by atoms with Crippen LogP contribution >= 0.6 is 11.8 Å². The van der Waals surface area contributed by atoms with Crippen LogP contribution in [0.5, 0.6) is 0 Å². The molecular weight excluding hydrogens is 256 g/mol. The molecule has 0 spiro atoms. The quantitative estimate of drug-likeness (QED) is 0.366. The van der Waals surface area contributed by atoms with Gasteiger partial charge in [-0.3, -0.25) is 0 Å². The molecule has 2 aromatic carbocycles. The van der Waals surface area contributed by atoms with Gasteiger partial charge in [0.15, 0.2) is 0 Å². The number of carbonyl (C=O) groups is 1. The monoisotopic (exact) mass is 269 g/mol. The molecule has 94 valence electrons. The van der Waals surface area contributed by atoms with Crippen LogP contribution in [0.2, 0.25) is 0 Å². The minimum absolute atomic E-state index is 0.377. The van der Waals surface area contributed by atoms with Crippen molar-refractivity contribution in [1.29, 1.82) is 0 Å². The van der Waals surface area contributed by atoms with E-state index in [1.165, 1.54) is 18.9 Å². The highest BCUT2D eigenvalue weighted by Crippen LogP contribution is 2.27. The van der Waals surface area contributed by atoms with Crippen molar-refractivity contribution in [3.05, 3.63) is 77.2 Å². The molecule has 0 N–H and O–H groups in total. The zero-order chi connectivity index (χ0) is 13.5. The molecule has 19 heavy (non-hydrogen) atoms. The smallest absolute Gasteiger partial charge is 0.420 e. The normalized spacial score (nSPS) is 10.7. The van der Waals surface area contributed by atoms with Crippen LogP contribution in [0.4, 0.5) is 0 Å². The molecule has 0 heterocycles. The Morgan fingerprint density at radius 1 is 1.00 bits per heavy atom. The van der Waals surface area contributed by atoms with Crippen LogP contribution in [0.25, 0.3) is 0 Å². The van der Waals surface area contributed by atoms with Gasteiger partial charge in [-0.15, -0.1) is 0 Å². The number of benzene rings is 2. The number of esters is 1. The SMILES string of the molecule is COC(=O)C(=[C+]c1ccccc1)Sc1ccccc1. The molecule has 0 aliphatic rings. The predicted molar refractivity (Wildman–Crippen MR) is 76.6 cm³/mol. The lowest BCUT2D eigenvalue weighted by molar-refractivity contribution is -0.135. The van der Waals surface area contributed by atoms with Gasteiger partial charge in [-0.2, -0.15) is 4.79 Å². The molecule has 0 saturated heterocycles. The van der Waals surface area contributed by atoms with Crippen molar-refractivity contribution in [3.63, 3.8) is 0 Å². The minimum atomic E-state index is -0.377. The number of ether oxygens (including phenoxy) is 1. The van der Waals surface area contributed by atoms with E-state index in [9.17, 15) is 4.79 Å². The predicted octanol–water partition coefficient (Wildman–Crippen LogP) is 3.69. The summed E-state index contributed by atoms with van der Waals surface area (Å²) in [5.41, 5.74) is 0.853. The van der Waals surface area contributed by atoms with E-state index in [-0.39, 0.29) is 5.97 Å². The number of rotatable bonds is 4. The maximum absolute atomic E-state index is 11.8. The largest absolute Gasteiger partial charge is 0.428 e. The van der Waals surface area contributed by atoms with Gasteiger partial charge in [0.25, 0.3) is 0 Å². The summed E-state index contributed by atoms with van der Waals surface area (Å²) in [5, 5.41) is 0. The lowest BCUT2D eigenvalue weighted by Crippen LogP contribution is -2.02. The summed E-state index contributed by atoms with van der Waals surface area (Å²) in [6, 6.07) is 19.2. The standard InChI is InChI=1S/C16H13O2S/c1-18-16(17)15(12-13-8-4-2-5-9-13)19-14-10-6-3-7-11-14/h2-11H,1H3/q+1. The molecule has 0 unspecified atom stereocenters. The van der Waals surface area contributed by atoms with Crippen molar-refractivity contribution in [2.75, 3.05) is 7.11 Å². The van der Waals surface area contributed by atoms with Crippen LogP contribution in [0.1, 0.15) is 5.56 Å². The Balaban J connectivity index is 2.27. The molecule has 3 heteroatoms. The average molecular weight is 269 g/mol. The molecule has 2 aromatic rings. The average Bonchev–Trinajstić information content (AvgIpc) is 2.48. The summed E-state index contributed by atoms with van der Waals surface area (Å²) < 4.78 is 4.80. The van der Waals surface area contributed by atoms with Gasteiger partial charge in [-0.05, 0) is 30.3 Å². The molecule has 2 rings (SSSR count). The van der Waals surface area contributed by atoms with E-state index < -0.39 is 0 Å². The third-order valence-corrected chi connectivity index (χ3v) is 3.35. The van der Waals surface area contributed by atoms with Gasteiger partial charge >= 0.3 is 5.97 Å². The van der Waals surface area contributed by atoms with Crippen molar-refractivity contribution in [2.45, 2.75) is 4.90 Å². The molecule has 2 nitrogen and oxygen atoms in total. The molecule has 0 fully saturated rings. The fraction of sp³-hybridized carbons (Fsp3) is 0.0625. The Kier molecular flexibility index (Phi) is 4.73. The van der Waals surface area contributed by atoms with E-state index in [2.05, 4.69) is 6.08 Å². The molecule has 0 bridgehead atoms. The van der Waals surface area contributed by atoms with Crippen molar-refractivity contribution in [2.24, 2.45) is 0 Å². The second kappa shape index (κ2) is 6.74. The Labute approximate surface area is 117 Å². The molecule has 0 atom stereocenters. The molecule has 0 aromatic heterocycles. The van der Waals surface area contributed by atoms with Crippen LogP contribution < -0.4 is 0 Å². The topological polar surface area (TPSA) is 26.3 Å². The van der Waals surface area contributed by atoms with Crippen molar-refractivity contribution < 1.29 is 9.53 Å². The Bertz CT molecular complexity index is 562. The maximum Gasteiger partial charge on any atom is 0.428 e. The highest BCUT2D eigenvalue weighted by molar-refractivity contribution is 8.04. The van der Waals surface area contributed by atoms with Gasteiger partial charge in [0.2, 0.25) is 4.91 Å². The van der Waals surface area contributed by atoms with Gasteiger partial charge in [-0.1, -0.05) is 30.0 Å². The van der Waals surface area contributed by atoms with Crippen molar-refractivity contribution in [1.82, 2.24) is 0 Å². The highest BCUT2D eigenvalue weighted by Gasteiger charge is 2.19. The highest BCUT2D eigenvalue weighted by atomic mass is 32.2. The molecular formula is C16H13O2S+. The van der Waals surface area contributed by atoms with Crippen LogP contribution in [0, 0.1) is 6.08 Å². The van der Waals surface area contributed by atoms with Crippen molar-refractivity contribution >= 4 is 17.7 Å². The summed E-state index contributed by atoms with van der Waals surface area (Å²) in [6.07, 6.45) is 3.08. The minimum Gasteiger partial charge on any atom is -0.420 e. The summed E-state index contributed by atoms with van der Waals surface area (Å²) in [5.74, 6) is -0.377. The van der Waals surface area contributed by atoms with Gasteiger partial charge in [0.1, 0.15) is 5.56 Å². The molecule has 0 aliphatic heterocycles. The van der Waals surface area contributed by atoms with Crippen LogP contribution in [-0.2, 0) is 9.53 Å². The Morgan fingerprint density at radius 2 is 1.58 bits per heavy atom. The van der Waals surface area contributed by atoms with Gasteiger partial charge in [-0.25, -0.2) is 0 Å². The third kappa shape index (κ3) is 3.95. The summed E-state index contributed by atoms with van der Waals surface area (Å²) >= 11 is 1.35. The van der Waals surface area contributed by atoms with Crippen LogP contribution in [0.15, 0.2) is 70.5 Å². The summed E-state index contributed by atoms with van der Waals surface area (Å²) in [4.78, 5) is 13.2. The fourth-order valence-electron chi connectivity index (χ4n) is 1.47. The second-order valence-electron chi connectivity index (χ2n) is 3.73. The van der Waals surface area contributed by atoms with Gasteiger partial charge in [0.05, 0.1) is 7.11 Å². The number of hydrogen-bond acceptors (Lipinski definition) is 3. The van der Waals surface area contributed by atoms with E-state index in [1.54, 1.807) is 0 Å². The van der Waals surface area contributed by atoms with E-state index in [0.717, 1.165) is 10.5 Å². The first kappa shape index (κ1) is 13.3. The summed E-state index contributed by atoms with van der Waals surface area (Å²) in [7, 11) is 1.38. The second-order valence-corrected chi connectivity index (χ2v) is 4.81. The lowest BCUT2D eigenvalue weighted by atomic mass is 10.2. The van der Waals surface area contributed by atoms with E-state index in [4.69, 9.17) is 4.74 Å². The Morgan fingerprint density at radius 3 is 2.16 bits per heavy atom. The number of methoxy groups -OCH3 is 1. The van der Waals surface area contributed by atoms with E-state index in [0.29, 0.717) is 4.91 Å². The van der Waals surface area contributed by atoms with Gasteiger partial charge < -0.3 is 4.74 Å². The fourth-order valence-corrected chi connectivity index (χ4v) is 2.33. The number of hydrogen-bond donors (Lipinski definition) is 0. The van der Waals surface area contributed by atoms with E-state index in [1.807, 2.05) is 60.7 Å². The maximum atomic E-state index is 11.8. The number of thioether (sulfide) groups is 1. The van der Waals surface area contributed by atoms with Crippen molar-refractivity contribution in [3.8, 4) is 0 Å². The zero-order valence-electron chi connectivity index (χ0n) is 10.5. The first-order chi connectivity index (χ1) is 9.29. The lowest BCUT2D eigenvalue weighted by Gasteiger charge is -1.99. The molecule has 0 amide bonds. The zero-order valence-corrected chi connectivity index (χ0v) is 11.3. The van der Waals surface area contributed by atoms with Crippen LogP contribution in [-0.4, -0.2) is 13.1 Å². The summed E-state index contributed by atoms with van der Waals surface area (Å²) in [6.45, 7) is 0. The Hall–Kier alpha value is -2.09. The molecule has 0 radical (unpaired) electrons. The first-order valence-corrected chi connectivity index (χ1v) is 6.61. The first-order valence-electron chi connectivity index (χ1n) is 5.80. The van der Waals surface area contributed by atoms with Gasteiger partial charge in [0, 0.05) is 23.1 Å². The number of carbonyl (C=O) groups excluding carboxylic acids is 1. The molecule has 0 saturated carbocycles. The van der Waals surface area contributed by atoms with E-state index >= 15 is 0 Å². The van der Waals surface area contributed by atoms with Crippen LogP contribution in [0.3, 0.4) is 0 Å². The third-order valence-electron chi connectivity index (χ3n) is 2.37.